The van der Waals surface area contributed by atoms with Crippen LogP contribution < -0.4 is 5.32 Å². The number of benzene rings is 1. The largest absolute Gasteiger partial charge is 0.447 e. The molecule has 0 aromatic heterocycles. The highest BCUT2D eigenvalue weighted by Crippen LogP contribution is 2.39. The Kier molecular flexibility index (Phi) is 4.66. The molecule has 0 aliphatic carbocycles. The minimum absolute atomic E-state index is 0. The van der Waals surface area contributed by atoms with Gasteiger partial charge in [-0.1, -0.05) is 0 Å². The fourth-order valence-corrected chi connectivity index (χ4v) is 1.84. The van der Waals surface area contributed by atoms with Crippen molar-refractivity contribution in [3.8, 4) is 0 Å². The smallest absolute Gasteiger partial charge is 0.416 e. The molecule has 1 saturated heterocycles. The molecule has 1 N–H and O–H groups in total. The van der Waals surface area contributed by atoms with Crippen LogP contribution in [0, 0.1) is 0 Å². The molecule has 1 fully saturated rings. The number of halogens is 7. The lowest BCUT2D eigenvalue weighted by Crippen LogP contribution is -2.23. The van der Waals surface area contributed by atoms with E-state index in [0.717, 1.165) is 0 Å². The number of alkyl halides is 6. The number of cyclic esters (lactones) is 1. The summed E-state index contributed by atoms with van der Waals surface area (Å²) in [6.07, 6.45) is -10.6. The van der Waals surface area contributed by atoms with Crippen LogP contribution in [0.3, 0.4) is 0 Å². The minimum atomic E-state index is -4.83. The molecule has 1 atom stereocenters. The van der Waals surface area contributed by atoms with Gasteiger partial charge in [0.15, 0.2) is 0 Å². The normalized spacial score (nSPS) is 18.8. The molecule has 1 aliphatic heterocycles. The average molecular weight is 336 g/mol. The number of hydrogen-bond donors (Lipinski definition) is 1. The third-order valence-electron chi connectivity index (χ3n) is 2.73. The zero-order valence-corrected chi connectivity index (χ0v) is 10.8. The highest BCUT2D eigenvalue weighted by Gasteiger charge is 2.40. The first kappa shape index (κ1) is 17.4. The Morgan fingerprint density at radius 2 is 1.71 bits per heavy atom. The fraction of sp³-hybridized carbons (Fsp3) is 0.364. The van der Waals surface area contributed by atoms with Gasteiger partial charge in [-0.05, 0) is 23.8 Å². The van der Waals surface area contributed by atoms with E-state index < -0.39 is 47.8 Å². The number of ether oxygens (including phenoxy) is 1. The van der Waals surface area contributed by atoms with E-state index in [1.54, 1.807) is 0 Å². The van der Waals surface area contributed by atoms with Crippen molar-refractivity contribution in [3.63, 3.8) is 0 Å². The Morgan fingerprint density at radius 1 is 1.10 bits per heavy atom. The molecule has 21 heavy (non-hydrogen) atoms. The SMILES string of the molecule is Cl.O=C1N[C@@H](c2cc(C(F)(F)F)ccc2C(F)(F)F)CO1. The maximum absolute atomic E-state index is 12.8. The summed E-state index contributed by atoms with van der Waals surface area (Å²) < 4.78 is 80.5. The molecule has 1 aromatic carbocycles. The van der Waals surface area contributed by atoms with E-state index in [2.05, 4.69) is 4.74 Å². The zero-order chi connectivity index (χ0) is 15.1. The van der Waals surface area contributed by atoms with E-state index in [0.29, 0.717) is 18.2 Å². The number of rotatable bonds is 1. The summed E-state index contributed by atoms with van der Waals surface area (Å²) in [4.78, 5) is 10.8. The summed E-state index contributed by atoms with van der Waals surface area (Å²) in [5.74, 6) is 0. The highest BCUT2D eigenvalue weighted by atomic mass is 35.5. The maximum Gasteiger partial charge on any atom is 0.416 e. The standard InChI is InChI=1S/C11H7F6NO2.ClH/c12-10(13,14)5-1-2-7(11(15,16)17)6(3-5)8-4-20-9(19)18-8;/h1-3,8H,4H2,(H,18,19);1H/t8-;/m1./s1. The molecule has 1 aliphatic rings. The van der Waals surface area contributed by atoms with Crippen molar-refractivity contribution in [2.45, 2.75) is 18.4 Å². The van der Waals surface area contributed by atoms with Gasteiger partial charge >= 0.3 is 18.4 Å². The molecular weight excluding hydrogens is 328 g/mol. The van der Waals surface area contributed by atoms with Crippen LogP contribution in [0.15, 0.2) is 18.2 Å². The number of carbonyl (C=O) groups excluding carboxylic acids is 1. The molecule has 118 valence electrons. The quantitative estimate of drug-likeness (QED) is 0.790. The molecule has 0 radical (unpaired) electrons. The predicted molar refractivity (Wildman–Crippen MR) is 60.9 cm³/mol. The van der Waals surface area contributed by atoms with Crippen LogP contribution in [0.2, 0.25) is 0 Å². The summed E-state index contributed by atoms with van der Waals surface area (Å²) in [5, 5.41) is 2.03. The van der Waals surface area contributed by atoms with Gasteiger partial charge in [0.1, 0.15) is 6.61 Å². The number of nitrogens with one attached hydrogen (secondary N) is 1. The summed E-state index contributed by atoms with van der Waals surface area (Å²) in [6, 6.07) is -0.184. The van der Waals surface area contributed by atoms with E-state index in [1.807, 2.05) is 5.32 Å². The molecule has 0 saturated carbocycles. The maximum atomic E-state index is 12.8. The first-order valence-corrected chi connectivity index (χ1v) is 5.30. The van der Waals surface area contributed by atoms with Crippen LogP contribution >= 0.6 is 12.4 Å². The summed E-state index contributed by atoms with van der Waals surface area (Å²) in [5.41, 5.74) is -3.12. The lowest BCUT2D eigenvalue weighted by atomic mass is 9.97. The predicted octanol–water partition coefficient (Wildman–Crippen LogP) is 3.93. The van der Waals surface area contributed by atoms with Gasteiger partial charge in [0.2, 0.25) is 0 Å². The van der Waals surface area contributed by atoms with Gasteiger partial charge < -0.3 is 10.1 Å². The summed E-state index contributed by atoms with van der Waals surface area (Å²) in [6.45, 7) is -0.455. The van der Waals surface area contributed by atoms with Gasteiger partial charge in [-0.25, -0.2) is 4.79 Å². The monoisotopic (exact) mass is 335 g/mol. The number of amides is 1. The van der Waals surface area contributed by atoms with Crippen molar-refractivity contribution < 1.29 is 35.9 Å². The van der Waals surface area contributed by atoms with E-state index in [9.17, 15) is 31.1 Å². The number of alkyl carbamates (subject to hydrolysis) is 1. The molecule has 10 heteroatoms. The van der Waals surface area contributed by atoms with Crippen molar-refractivity contribution in [2.75, 3.05) is 6.61 Å². The molecular formula is C11H8ClF6NO2. The Balaban J connectivity index is 0.00000220. The molecule has 1 amide bonds. The third-order valence-corrected chi connectivity index (χ3v) is 2.73. The molecule has 0 unspecified atom stereocenters. The van der Waals surface area contributed by atoms with E-state index in [-0.39, 0.29) is 12.4 Å². The van der Waals surface area contributed by atoms with Crippen molar-refractivity contribution >= 4 is 18.5 Å². The topological polar surface area (TPSA) is 38.3 Å². The first-order chi connectivity index (χ1) is 9.09. The first-order valence-electron chi connectivity index (χ1n) is 5.30. The molecule has 0 spiro atoms. The van der Waals surface area contributed by atoms with E-state index in [1.165, 1.54) is 0 Å². The van der Waals surface area contributed by atoms with Crippen LogP contribution in [0.4, 0.5) is 31.1 Å². The molecule has 2 rings (SSSR count). The van der Waals surface area contributed by atoms with Crippen molar-refractivity contribution in [3.05, 3.63) is 34.9 Å². The Hall–Kier alpha value is -1.64. The molecule has 0 bridgehead atoms. The minimum Gasteiger partial charge on any atom is -0.447 e. The van der Waals surface area contributed by atoms with Gasteiger partial charge in [0, 0.05) is 0 Å². The second-order valence-corrected chi connectivity index (χ2v) is 4.09. The molecule has 1 heterocycles. The van der Waals surface area contributed by atoms with Crippen LogP contribution in [0.1, 0.15) is 22.7 Å². The van der Waals surface area contributed by atoms with Crippen LogP contribution in [-0.2, 0) is 17.1 Å². The third kappa shape index (κ3) is 3.72. The molecule has 3 nitrogen and oxygen atoms in total. The van der Waals surface area contributed by atoms with Gasteiger partial charge in [0.05, 0.1) is 17.2 Å². The van der Waals surface area contributed by atoms with Gasteiger partial charge in [0.25, 0.3) is 0 Å². The van der Waals surface area contributed by atoms with Gasteiger partial charge in [-0.2, -0.15) is 26.3 Å². The van der Waals surface area contributed by atoms with Crippen LogP contribution in [0.25, 0.3) is 0 Å². The second-order valence-electron chi connectivity index (χ2n) is 4.09. The van der Waals surface area contributed by atoms with Crippen molar-refractivity contribution in [1.29, 1.82) is 0 Å². The Morgan fingerprint density at radius 3 is 2.14 bits per heavy atom. The number of carbonyl (C=O) groups is 1. The van der Waals surface area contributed by atoms with Crippen LogP contribution in [0.5, 0.6) is 0 Å². The second kappa shape index (κ2) is 5.63. The fourth-order valence-electron chi connectivity index (χ4n) is 1.84. The Labute approximate surface area is 120 Å². The van der Waals surface area contributed by atoms with Crippen molar-refractivity contribution in [2.24, 2.45) is 0 Å². The van der Waals surface area contributed by atoms with Gasteiger partial charge in [-0.3, -0.25) is 0 Å². The zero-order valence-electron chi connectivity index (χ0n) is 10.0. The van der Waals surface area contributed by atoms with E-state index >= 15 is 0 Å². The van der Waals surface area contributed by atoms with Crippen molar-refractivity contribution in [1.82, 2.24) is 5.32 Å². The average Bonchev–Trinajstić information content (AvgIpc) is 2.72. The lowest BCUT2D eigenvalue weighted by molar-refractivity contribution is -0.142. The molecule has 1 aromatic rings. The lowest BCUT2D eigenvalue weighted by Gasteiger charge is -2.18. The van der Waals surface area contributed by atoms with Crippen LogP contribution in [-0.4, -0.2) is 12.7 Å². The van der Waals surface area contributed by atoms with Gasteiger partial charge in [-0.15, -0.1) is 12.4 Å². The number of hydrogen-bond acceptors (Lipinski definition) is 2. The summed E-state index contributed by atoms with van der Waals surface area (Å²) >= 11 is 0. The Bertz CT molecular complexity index is 542. The van der Waals surface area contributed by atoms with E-state index in [4.69, 9.17) is 0 Å². The summed E-state index contributed by atoms with van der Waals surface area (Å²) in [7, 11) is 0. The highest BCUT2D eigenvalue weighted by molar-refractivity contribution is 5.85.